The van der Waals surface area contributed by atoms with Gasteiger partial charge in [-0.15, -0.1) is 0 Å². The largest absolute Gasteiger partial charge is 0.416 e. The second kappa shape index (κ2) is 8.10. The molecule has 1 aliphatic carbocycles. The SMILES string of the molecule is O=C(N[C@H]1CCCCC1O)c1cn(Cc2ccc(C(F)(F)F)cc2)c2cccnc12. The highest BCUT2D eigenvalue weighted by molar-refractivity contribution is 6.05. The van der Waals surface area contributed by atoms with Crippen LogP contribution >= 0.6 is 0 Å². The third-order valence-corrected chi connectivity index (χ3v) is 5.56. The van der Waals surface area contributed by atoms with Gasteiger partial charge in [-0.1, -0.05) is 25.0 Å². The minimum Gasteiger partial charge on any atom is -0.391 e. The summed E-state index contributed by atoms with van der Waals surface area (Å²) in [6, 6.07) is 8.25. The molecule has 2 N–H and O–H groups in total. The lowest BCUT2D eigenvalue weighted by atomic mass is 9.92. The summed E-state index contributed by atoms with van der Waals surface area (Å²) in [5, 5.41) is 13.1. The van der Waals surface area contributed by atoms with Crippen LogP contribution in [0.4, 0.5) is 13.2 Å². The highest BCUT2D eigenvalue weighted by Crippen LogP contribution is 2.29. The summed E-state index contributed by atoms with van der Waals surface area (Å²) >= 11 is 0. The van der Waals surface area contributed by atoms with Gasteiger partial charge in [-0.05, 0) is 42.7 Å². The monoisotopic (exact) mass is 417 g/mol. The summed E-state index contributed by atoms with van der Waals surface area (Å²) in [6.45, 7) is 0.305. The van der Waals surface area contributed by atoms with E-state index in [4.69, 9.17) is 0 Å². The first kappa shape index (κ1) is 20.4. The molecule has 2 heterocycles. The maximum absolute atomic E-state index is 12.9. The molecular weight excluding hydrogens is 395 g/mol. The average Bonchev–Trinajstić information content (AvgIpc) is 3.08. The van der Waals surface area contributed by atoms with E-state index in [0.717, 1.165) is 31.4 Å². The molecule has 3 aromatic rings. The van der Waals surface area contributed by atoms with E-state index in [0.29, 0.717) is 35.1 Å². The molecule has 1 aromatic carbocycles. The lowest BCUT2D eigenvalue weighted by Gasteiger charge is -2.28. The number of aromatic nitrogens is 2. The van der Waals surface area contributed by atoms with E-state index >= 15 is 0 Å². The predicted molar refractivity (Wildman–Crippen MR) is 106 cm³/mol. The summed E-state index contributed by atoms with van der Waals surface area (Å²) in [5.41, 5.74) is 1.60. The van der Waals surface area contributed by atoms with Crippen LogP contribution in [-0.4, -0.2) is 32.7 Å². The lowest BCUT2D eigenvalue weighted by Crippen LogP contribution is -2.45. The number of hydrogen-bond donors (Lipinski definition) is 2. The third kappa shape index (κ3) is 4.18. The van der Waals surface area contributed by atoms with Gasteiger partial charge in [-0.3, -0.25) is 9.78 Å². The number of halogens is 3. The van der Waals surface area contributed by atoms with E-state index in [1.807, 2.05) is 6.07 Å². The Kier molecular flexibility index (Phi) is 5.51. The van der Waals surface area contributed by atoms with Crippen LogP contribution in [0.25, 0.3) is 11.0 Å². The van der Waals surface area contributed by atoms with Gasteiger partial charge in [0.25, 0.3) is 5.91 Å². The minimum absolute atomic E-state index is 0.289. The fraction of sp³-hybridized carbons (Fsp3) is 0.364. The van der Waals surface area contributed by atoms with Gasteiger partial charge in [0.05, 0.1) is 28.8 Å². The van der Waals surface area contributed by atoms with E-state index in [9.17, 15) is 23.1 Å². The van der Waals surface area contributed by atoms with Crippen LogP contribution in [0, 0.1) is 0 Å². The van der Waals surface area contributed by atoms with E-state index in [1.165, 1.54) is 12.1 Å². The Hall–Kier alpha value is -2.87. The van der Waals surface area contributed by atoms with Gasteiger partial charge < -0.3 is 15.0 Å². The van der Waals surface area contributed by atoms with Crippen molar-refractivity contribution in [3.63, 3.8) is 0 Å². The first-order valence-electron chi connectivity index (χ1n) is 9.92. The standard InChI is InChI=1S/C22H22F3N3O2/c23-22(24,25)15-9-7-14(8-10-15)12-28-13-16(20-18(28)5-3-11-26-20)21(30)27-17-4-1-2-6-19(17)29/h3,5,7-11,13,17,19,29H,1-2,4,6,12H2,(H,27,30)/t17-,19?/m0/s1. The zero-order valence-electron chi connectivity index (χ0n) is 16.2. The van der Waals surface area contributed by atoms with Crippen molar-refractivity contribution in [1.29, 1.82) is 0 Å². The Morgan fingerprint density at radius 3 is 2.60 bits per heavy atom. The van der Waals surface area contributed by atoms with E-state index in [-0.39, 0.29) is 11.9 Å². The maximum atomic E-state index is 12.9. The summed E-state index contributed by atoms with van der Waals surface area (Å²) < 4.78 is 40.2. The number of carbonyl (C=O) groups is 1. The van der Waals surface area contributed by atoms with Crippen molar-refractivity contribution in [3.8, 4) is 0 Å². The minimum atomic E-state index is -4.38. The molecule has 0 radical (unpaired) electrons. The molecule has 30 heavy (non-hydrogen) atoms. The molecular formula is C22H22F3N3O2. The Bertz CT molecular complexity index is 1040. The van der Waals surface area contributed by atoms with E-state index < -0.39 is 17.8 Å². The molecule has 1 fully saturated rings. The van der Waals surface area contributed by atoms with Gasteiger partial charge in [0, 0.05) is 18.9 Å². The van der Waals surface area contributed by atoms with Crippen LogP contribution in [-0.2, 0) is 12.7 Å². The molecule has 1 amide bonds. The number of benzene rings is 1. The summed E-state index contributed by atoms with van der Waals surface area (Å²) in [7, 11) is 0. The van der Waals surface area contributed by atoms with Gasteiger partial charge >= 0.3 is 6.18 Å². The molecule has 2 aromatic heterocycles. The number of pyridine rings is 1. The van der Waals surface area contributed by atoms with Crippen LogP contribution in [0.15, 0.2) is 48.8 Å². The highest BCUT2D eigenvalue weighted by atomic mass is 19.4. The normalized spacial score (nSPS) is 19.7. The number of aliphatic hydroxyl groups excluding tert-OH is 1. The molecule has 4 rings (SSSR count). The highest BCUT2D eigenvalue weighted by Gasteiger charge is 2.30. The van der Waals surface area contributed by atoms with E-state index in [2.05, 4.69) is 10.3 Å². The van der Waals surface area contributed by atoms with Crippen LogP contribution in [0.3, 0.4) is 0 Å². The summed E-state index contributed by atoms with van der Waals surface area (Å²) in [6.07, 6.45) is 1.62. The quantitative estimate of drug-likeness (QED) is 0.671. The predicted octanol–water partition coefficient (Wildman–Crippen LogP) is 4.14. The lowest BCUT2D eigenvalue weighted by molar-refractivity contribution is -0.137. The first-order valence-corrected chi connectivity index (χ1v) is 9.92. The van der Waals surface area contributed by atoms with Crippen molar-refractivity contribution in [2.24, 2.45) is 0 Å². The van der Waals surface area contributed by atoms with Gasteiger partial charge in [0.1, 0.15) is 5.52 Å². The molecule has 0 spiro atoms. The smallest absolute Gasteiger partial charge is 0.391 e. The van der Waals surface area contributed by atoms with Crippen LogP contribution in [0.5, 0.6) is 0 Å². The van der Waals surface area contributed by atoms with Crippen molar-refractivity contribution in [1.82, 2.24) is 14.9 Å². The first-order chi connectivity index (χ1) is 14.3. The second-order valence-electron chi connectivity index (χ2n) is 7.67. The third-order valence-electron chi connectivity index (χ3n) is 5.56. The van der Waals surface area contributed by atoms with Gasteiger partial charge in [0.2, 0.25) is 0 Å². The molecule has 0 aliphatic heterocycles. The molecule has 0 bridgehead atoms. The number of amides is 1. The molecule has 1 unspecified atom stereocenters. The fourth-order valence-corrected chi connectivity index (χ4v) is 3.94. The number of aliphatic hydroxyl groups is 1. The van der Waals surface area contributed by atoms with Gasteiger partial charge in [-0.25, -0.2) is 0 Å². The van der Waals surface area contributed by atoms with Crippen molar-refractivity contribution in [3.05, 3.63) is 65.5 Å². The number of nitrogens with one attached hydrogen (secondary N) is 1. The number of rotatable bonds is 4. The van der Waals surface area contributed by atoms with Crippen molar-refractivity contribution in [2.75, 3.05) is 0 Å². The molecule has 1 aliphatic rings. The van der Waals surface area contributed by atoms with Crippen molar-refractivity contribution < 1.29 is 23.1 Å². The van der Waals surface area contributed by atoms with Crippen molar-refractivity contribution >= 4 is 16.9 Å². The Labute approximate surface area is 171 Å². The zero-order valence-corrected chi connectivity index (χ0v) is 16.2. The second-order valence-corrected chi connectivity index (χ2v) is 7.67. The molecule has 8 heteroatoms. The number of fused-ring (bicyclic) bond motifs is 1. The summed E-state index contributed by atoms with van der Waals surface area (Å²) in [5.74, 6) is -0.309. The molecule has 1 saturated carbocycles. The Balaban J connectivity index is 1.60. The fourth-order valence-electron chi connectivity index (χ4n) is 3.94. The maximum Gasteiger partial charge on any atom is 0.416 e. The molecule has 2 atom stereocenters. The average molecular weight is 417 g/mol. The van der Waals surface area contributed by atoms with E-state index in [1.54, 1.807) is 23.0 Å². The zero-order chi connectivity index (χ0) is 21.3. The van der Waals surface area contributed by atoms with Crippen LogP contribution in [0.2, 0.25) is 0 Å². The number of alkyl halides is 3. The van der Waals surface area contributed by atoms with Crippen molar-refractivity contribution in [2.45, 2.75) is 50.6 Å². The molecule has 5 nitrogen and oxygen atoms in total. The number of nitrogens with zero attached hydrogens (tertiary/aromatic N) is 2. The Morgan fingerprint density at radius 1 is 1.17 bits per heavy atom. The van der Waals surface area contributed by atoms with Gasteiger partial charge in [0.15, 0.2) is 0 Å². The number of hydrogen-bond acceptors (Lipinski definition) is 3. The van der Waals surface area contributed by atoms with Crippen LogP contribution < -0.4 is 5.32 Å². The number of carbonyl (C=O) groups excluding carboxylic acids is 1. The topological polar surface area (TPSA) is 67.2 Å². The molecule has 0 saturated heterocycles. The van der Waals surface area contributed by atoms with Crippen LogP contribution in [0.1, 0.15) is 47.2 Å². The van der Waals surface area contributed by atoms with Gasteiger partial charge in [-0.2, -0.15) is 13.2 Å². The molecule has 158 valence electrons. The summed E-state index contributed by atoms with van der Waals surface area (Å²) in [4.78, 5) is 17.2. The Morgan fingerprint density at radius 2 is 1.90 bits per heavy atom.